The summed E-state index contributed by atoms with van der Waals surface area (Å²) in [6.45, 7) is 4.76. The molecule has 0 atom stereocenters. The minimum Gasteiger partial charge on any atom is -0.481 e. The van der Waals surface area contributed by atoms with Gasteiger partial charge in [-0.1, -0.05) is 64.0 Å². The first-order valence-electron chi connectivity index (χ1n) is 12.0. The number of amidine groups is 1. The van der Waals surface area contributed by atoms with Crippen LogP contribution in [0.1, 0.15) is 81.1 Å². The Bertz CT molecular complexity index is 875. The van der Waals surface area contributed by atoms with Crippen LogP contribution in [-0.2, 0) is 14.8 Å². The van der Waals surface area contributed by atoms with Crippen molar-refractivity contribution >= 4 is 27.7 Å². The maximum Gasteiger partial charge on any atom is 0.300 e. The van der Waals surface area contributed by atoms with E-state index in [0.717, 1.165) is 19.8 Å². The van der Waals surface area contributed by atoms with Crippen LogP contribution in [0.4, 0.5) is 0 Å². The predicted molar refractivity (Wildman–Crippen MR) is 135 cm³/mol. The number of hydrogen-bond acceptors (Lipinski definition) is 5. The molecule has 1 fully saturated rings. The summed E-state index contributed by atoms with van der Waals surface area (Å²) in [5.74, 6) is -0.794. The molecule has 9 nitrogen and oxygen atoms in total. The Morgan fingerprint density at radius 1 is 0.912 bits per heavy atom. The lowest BCUT2D eigenvalue weighted by Crippen LogP contribution is -2.51. The van der Waals surface area contributed by atoms with E-state index in [4.69, 9.17) is 21.0 Å². The van der Waals surface area contributed by atoms with Gasteiger partial charge in [0.05, 0.1) is 5.75 Å². The average molecular weight is 497 g/mol. The van der Waals surface area contributed by atoms with Crippen molar-refractivity contribution in [3.8, 4) is 0 Å². The molecule has 1 aliphatic heterocycles. The molecule has 4 N–H and O–H groups in total. The van der Waals surface area contributed by atoms with Crippen LogP contribution in [0.3, 0.4) is 0 Å². The van der Waals surface area contributed by atoms with Crippen molar-refractivity contribution in [1.29, 1.82) is 5.41 Å². The number of unbranched alkanes of at least 4 members (excludes halogenated alkanes) is 7. The van der Waals surface area contributed by atoms with Crippen LogP contribution in [0.15, 0.2) is 24.3 Å². The first-order valence-corrected chi connectivity index (χ1v) is 13.6. The number of rotatable bonds is 12. The maximum absolute atomic E-state index is 12.6. The number of piperazine rings is 1. The van der Waals surface area contributed by atoms with E-state index in [9.17, 15) is 13.2 Å². The minimum atomic E-state index is -3.26. The molecule has 0 spiro atoms. The Morgan fingerprint density at radius 2 is 1.35 bits per heavy atom. The van der Waals surface area contributed by atoms with Gasteiger partial charge in [0.15, 0.2) is 0 Å². The summed E-state index contributed by atoms with van der Waals surface area (Å²) in [5, 5.41) is 14.8. The average Bonchev–Trinajstić information content (AvgIpc) is 2.80. The van der Waals surface area contributed by atoms with Gasteiger partial charge in [0.2, 0.25) is 10.0 Å². The molecule has 0 aliphatic carbocycles. The monoisotopic (exact) mass is 496 g/mol. The van der Waals surface area contributed by atoms with Gasteiger partial charge in [-0.25, -0.2) is 8.42 Å². The Labute approximate surface area is 203 Å². The quantitative estimate of drug-likeness (QED) is 0.230. The van der Waals surface area contributed by atoms with Crippen LogP contribution in [-0.4, -0.2) is 72.4 Å². The van der Waals surface area contributed by atoms with E-state index >= 15 is 0 Å². The van der Waals surface area contributed by atoms with E-state index in [1.165, 1.54) is 36.4 Å². The fourth-order valence-corrected chi connectivity index (χ4v) is 5.24. The summed E-state index contributed by atoms with van der Waals surface area (Å²) in [7, 11) is -3.26. The van der Waals surface area contributed by atoms with Gasteiger partial charge in [-0.15, -0.1) is 0 Å². The SMILES string of the molecule is CC(=O)O.CCCCCCCCCCS(=O)(=O)N1CCN(C(=O)c2ccc(C(=N)N)cc2)CC1. The molecule has 1 aromatic carbocycles. The molecule has 2 rings (SSSR count). The van der Waals surface area contributed by atoms with Crippen LogP contribution in [0.2, 0.25) is 0 Å². The van der Waals surface area contributed by atoms with Gasteiger partial charge in [0.25, 0.3) is 11.9 Å². The van der Waals surface area contributed by atoms with Gasteiger partial charge >= 0.3 is 0 Å². The highest BCUT2D eigenvalue weighted by Gasteiger charge is 2.28. The van der Waals surface area contributed by atoms with E-state index in [2.05, 4.69) is 6.92 Å². The van der Waals surface area contributed by atoms with Crippen molar-refractivity contribution < 1.29 is 23.1 Å². The Hall–Kier alpha value is -2.46. The molecule has 34 heavy (non-hydrogen) atoms. The second kappa shape index (κ2) is 15.4. The zero-order valence-corrected chi connectivity index (χ0v) is 21.3. The molecule has 1 aromatic rings. The second-order valence-electron chi connectivity index (χ2n) is 8.49. The number of amides is 1. The number of hydrogen-bond donors (Lipinski definition) is 3. The first kappa shape index (κ1) is 29.6. The number of nitrogens with zero attached hydrogens (tertiary/aromatic N) is 2. The highest BCUT2D eigenvalue weighted by Crippen LogP contribution is 2.15. The lowest BCUT2D eigenvalue weighted by atomic mass is 10.1. The van der Waals surface area contributed by atoms with Crippen LogP contribution >= 0.6 is 0 Å². The number of carboxylic acid groups (broad SMARTS) is 1. The third-order valence-corrected chi connectivity index (χ3v) is 7.57. The van der Waals surface area contributed by atoms with E-state index in [-0.39, 0.29) is 17.5 Å². The van der Waals surface area contributed by atoms with Gasteiger partial charge < -0.3 is 15.7 Å². The van der Waals surface area contributed by atoms with Crippen LogP contribution < -0.4 is 5.73 Å². The van der Waals surface area contributed by atoms with Gasteiger partial charge in [-0.3, -0.25) is 15.0 Å². The summed E-state index contributed by atoms with van der Waals surface area (Å²) >= 11 is 0. The largest absolute Gasteiger partial charge is 0.481 e. The Kier molecular flexibility index (Phi) is 13.4. The molecular formula is C24H40N4O5S. The van der Waals surface area contributed by atoms with E-state index in [0.29, 0.717) is 43.7 Å². The number of nitrogens with two attached hydrogens (primary N) is 1. The number of sulfonamides is 1. The molecule has 10 heteroatoms. The standard InChI is InChI=1S/C22H36N4O3S.C2H4O2/c1-2-3-4-5-6-7-8-9-18-30(28,29)26-16-14-25(15-17-26)22(27)20-12-10-19(11-13-20)21(23)24;1-2(3)4/h10-13H,2-9,14-18H2,1H3,(H3,23,24);1H3,(H,3,4). The van der Waals surface area contributed by atoms with E-state index in [1.54, 1.807) is 29.2 Å². The normalized spacial score (nSPS) is 14.2. The molecule has 0 bridgehead atoms. The summed E-state index contributed by atoms with van der Waals surface area (Å²) in [6, 6.07) is 6.62. The minimum absolute atomic E-state index is 0.0377. The van der Waals surface area contributed by atoms with Crippen LogP contribution in [0, 0.1) is 5.41 Å². The molecule has 0 unspecified atom stereocenters. The molecule has 1 saturated heterocycles. The number of carbonyl (C=O) groups excluding carboxylic acids is 1. The van der Waals surface area contributed by atoms with Crippen LogP contribution in [0.5, 0.6) is 0 Å². The van der Waals surface area contributed by atoms with Crippen molar-refractivity contribution in [3.05, 3.63) is 35.4 Å². The number of aliphatic carboxylic acids is 1. The number of carbonyl (C=O) groups is 2. The highest BCUT2D eigenvalue weighted by atomic mass is 32.2. The topological polar surface area (TPSA) is 145 Å². The zero-order valence-electron chi connectivity index (χ0n) is 20.5. The fourth-order valence-electron chi connectivity index (χ4n) is 3.69. The van der Waals surface area contributed by atoms with Gasteiger partial charge in [-0.2, -0.15) is 4.31 Å². The van der Waals surface area contributed by atoms with Crippen molar-refractivity contribution in [3.63, 3.8) is 0 Å². The van der Waals surface area contributed by atoms with Gasteiger partial charge in [0.1, 0.15) is 5.84 Å². The van der Waals surface area contributed by atoms with Gasteiger partial charge in [0, 0.05) is 44.2 Å². The van der Waals surface area contributed by atoms with Crippen molar-refractivity contribution in [2.75, 3.05) is 31.9 Å². The molecule has 1 heterocycles. The van der Waals surface area contributed by atoms with E-state index < -0.39 is 16.0 Å². The third kappa shape index (κ3) is 11.1. The smallest absolute Gasteiger partial charge is 0.300 e. The molecule has 0 aromatic heterocycles. The lowest BCUT2D eigenvalue weighted by Gasteiger charge is -2.34. The molecule has 1 amide bonds. The zero-order chi connectivity index (χ0) is 25.6. The van der Waals surface area contributed by atoms with Crippen LogP contribution in [0.25, 0.3) is 0 Å². The van der Waals surface area contributed by atoms with Gasteiger partial charge in [-0.05, 0) is 18.6 Å². The fraction of sp³-hybridized carbons (Fsp3) is 0.625. The Morgan fingerprint density at radius 3 is 1.82 bits per heavy atom. The molecule has 0 saturated carbocycles. The summed E-state index contributed by atoms with van der Waals surface area (Å²) in [5.41, 5.74) is 6.54. The van der Waals surface area contributed by atoms with Crippen molar-refractivity contribution in [1.82, 2.24) is 9.21 Å². The summed E-state index contributed by atoms with van der Waals surface area (Å²) < 4.78 is 26.7. The number of carboxylic acids is 1. The molecule has 192 valence electrons. The molecular weight excluding hydrogens is 456 g/mol. The van der Waals surface area contributed by atoms with E-state index in [1.807, 2.05) is 0 Å². The maximum atomic E-state index is 12.6. The molecule has 0 radical (unpaired) electrons. The number of benzene rings is 1. The third-order valence-electron chi connectivity index (χ3n) is 5.62. The first-order chi connectivity index (χ1) is 16.1. The predicted octanol–water partition coefficient (Wildman–Crippen LogP) is 3.29. The Balaban J connectivity index is 0.00000133. The number of nitrogen functional groups attached to an aromatic ring is 1. The number of nitrogens with one attached hydrogen (secondary N) is 1. The summed E-state index contributed by atoms with van der Waals surface area (Å²) in [6.07, 6.45) is 9.00. The van der Waals surface area contributed by atoms with Crippen molar-refractivity contribution in [2.45, 2.75) is 65.2 Å². The summed E-state index contributed by atoms with van der Waals surface area (Å²) in [4.78, 5) is 23.3. The second-order valence-corrected chi connectivity index (χ2v) is 10.6. The molecule has 1 aliphatic rings. The highest BCUT2D eigenvalue weighted by molar-refractivity contribution is 7.89. The van der Waals surface area contributed by atoms with Crippen molar-refractivity contribution in [2.24, 2.45) is 5.73 Å². The lowest BCUT2D eigenvalue weighted by molar-refractivity contribution is -0.134.